The molecule has 2 rings (SSSR count). The van der Waals surface area contributed by atoms with Crippen LogP contribution >= 0.6 is 11.5 Å². The highest BCUT2D eigenvalue weighted by atomic mass is 32.1. The lowest BCUT2D eigenvalue weighted by Crippen LogP contribution is -2.32. The second kappa shape index (κ2) is 5.46. The lowest BCUT2D eigenvalue weighted by atomic mass is 10.2. The zero-order chi connectivity index (χ0) is 12.3. The van der Waals surface area contributed by atoms with Gasteiger partial charge in [0, 0.05) is 20.2 Å². The summed E-state index contributed by atoms with van der Waals surface area (Å²) in [6.07, 6.45) is 2.28. The van der Waals surface area contributed by atoms with Crippen LogP contribution in [0.5, 0.6) is 0 Å². The van der Waals surface area contributed by atoms with Crippen LogP contribution in [0.25, 0.3) is 0 Å². The number of nitrogens with zero attached hydrogens (tertiary/aromatic N) is 1. The van der Waals surface area contributed by atoms with Gasteiger partial charge in [0.1, 0.15) is 5.00 Å². The Morgan fingerprint density at radius 2 is 2.47 bits per heavy atom. The number of anilines is 1. The summed E-state index contributed by atoms with van der Waals surface area (Å²) < 4.78 is 9.64. The Balaban J connectivity index is 1.96. The van der Waals surface area contributed by atoms with Crippen LogP contribution < -0.4 is 10.6 Å². The molecule has 1 fully saturated rings. The largest absolute Gasteiger partial charge is 0.378 e. The fraction of sp³-hybridized carbons (Fsp3) is 0.636. The molecule has 17 heavy (non-hydrogen) atoms. The van der Waals surface area contributed by atoms with Crippen LogP contribution in [0, 0.1) is 6.92 Å². The minimum Gasteiger partial charge on any atom is -0.378 e. The van der Waals surface area contributed by atoms with Crippen LogP contribution in [0.15, 0.2) is 0 Å². The number of carbonyl (C=O) groups excluding carboxylic acids is 1. The molecule has 1 aromatic heterocycles. The van der Waals surface area contributed by atoms with Gasteiger partial charge >= 0.3 is 0 Å². The van der Waals surface area contributed by atoms with E-state index in [1.165, 1.54) is 11.5 Å². The van der Waals surface area contributed by atoms with E-state index in [2.05, 4.69) is 15.0 Å². The van der Waals surface area contributed by atoms with Gasteiger partial charge in [-0.25, -0.2) is 0 Å². The molecule has 0 spiro atoms. The summed E-state index contributed by atoms with van der Waals surface area (Å²) in [7, 11) is 1.80. The summed E-state index contributed by atoms with van der Waals surface area (Å²) in [5, 5.41) is 6.71. The van der Waals surface area contributed by atoms with E-state index in [-0.39, 0.29) is 12.0 Å². The first kappa shape index (κ1) is 12.3. The van der Waals surface area contributed by atoms with Gasteiger partial charge in [0.25, 0.3) is 5.91 Å². The number of amides is 1. The van der Waals surface area contributed by atoms with Crippen LogP contribution in [0.2, 0.25) is 0 Å². The van der Waals surface area contributed by atoms with Gasteiger partial charge in [-0.3, -0.25) is 4.79 Å². The van der Waals surface area contributed by atoms with Crippen molar-refractivity contribution in [3.05, 3.63) is 11.3 Å². The number of ether oxygens (including phenoxy) is 1. The van der Waals surface area contributed by atoms with Crippen molar-refractivity contribution >= 4 is 22.4 Å². The molecule has 1 atom stereocenters. The highest BCUT2D eigenvalue weighted by Gasteiger charge is 2.20. The zero-order valence-corrected chi connectivity index (χ0v) is 10.9. The number of hydrogen-bond acceptors (Lipinski definition) is 5. The predicted molar refractivity (Wildman–Crippen MR) is 67.7 cm³/mol. The highest BCUT2D eigenvalue weighted by Crippen LogP contribution is 2.23. The summed E-state index contributed by atoms with van der Waals surface area (Å²) >= 11 is 1.31. The van der Waals surface area contributed by atoms with Crippen LogP contribution in [0.4, 0.5) is 5.00 Å². The van der Waals surface area contributed by atoms with Gasteiger partial charge in [-0.1, -0.05) is 0 Å². The van der Waals surface area contributed by atoms with Crippen molar-refractivity contribution in [1.82, 2.24) is 9.69 Å². The molecule has 6 heteroatoms. The van der Waals surface area contributed by atoms with Gasteiger partial charge < -0.3 is 15.4 Å². The van der Waals surface area contributed by atoms with Gasteiger partial charge in [-0.05, 0) is 31.3 Å². The Bertz CT molecular complexity index is 399. The van der Waals surface area contributed by atoms with Crippen LogP contribution in [-0.4, -0.2) is 36.6 Å². The summed E-state index contributed by atoms with van der Waals surface area (Å²) in [5.41, 5.74) is 1.42. The molecule has 5 nitrogen and oxygen atoms in total. The molecule has 2 heterocycles. The lowest BCUT2D eigenvalue weighted by Gasteiger charge is -2.11. The summed E-state index contributed by atoms with van der Waals surface area (Å²) in [6.45, 7) is 3.23. The summed E-state index contributed by atoms with van der Waals surface area (Å²) in [6, 6.07) is 0. The van der Waals surface area contributed by atoms with Crippen LogP contribution in [-0.2, 0) is 4.74 Å². The van der Waals surface area contributed by atoms with Crippen molar-refractivity contribution in [1.29, 1.82) is 0 Å². The van der Waals surface area contributed by atoms with E-state index in [0.29, 0.717) is 12.1 Å². The number of rotatable bonds is 4. The van der Waals surface area contributed by atoms with E-state index in [9.17, 15) is 4.79 Å². The average Bonchev–Trinajstić information content (AvgIpc) is 2.94. The first-order chi connectivity index (χ1) is 8.22. The molecule has 1 aliphatic rings. The third-order valence-electron chi connectivity index (χ3n) is 2.83. The Hall–Kier alpha value is -1.14. The standard InChI is InChI=1S/C11H17N3O2S/c1-7-9(11(12-2)17-14-7)10(15)13-6-8-4-3-5-16-8/h8,12H,3-6H2,1-2H3,(H,13,15). The SMILES string of the molecule is CNc1snc(C)c1C(=O)NCC1CCCO1. The number of carbonyl (C=O) groups is 1. The highest BCUT2D eigenvalue weighted by molar-refractivity contribution is 7.10. The monoisotopic (exact) mass is 255 g/mol. The smallest absolute Gasteiger partial charge is 0.256 e. The van der Waals surface area contributed by atoms with Gasteiger partial charge in [0.2, 0.25) is 0 Å². The van der Waals surface area contributed by atoms with E-state index in [1.807, 2.05) is 6.92 Å². The second-order valence-electron chi connectivity index (χ2n) is 4.07. The maximum atomic E-state index is 12.0. The van der Waals surface area contributed by atoms with Gasteiger partial charge in [0.15, 0.2) is 0 Å². The molecule has 0 bridgehead atoms. The predicted octanol–water partition coefficient (Wildman–Crippen LogP) is 1.40. The number of aromatic nitrogens is 1. The molecule has 2 N–H and O–H groups in total. The van der Waals surface area contributed by atoms with Crippen molar-refractivity contribution in [3.8, 4) is 0 Å². The minimum atomic E-state index is -0.0731. The first-order valence-electron chi connectivity index (χ1n) is 5.76. The van der Waals surface area contributed by atoms with E-state index >= 15 is 0 Å². The van der Waals surface area contributed by atoms with E-state index < -0.39 is 0 Å². The zero-order valence-electron chi connectivity index (χ0n) is 10.1. The van der Waals surface area contributed by atoms with Crippen LogP contribution in [0.1, 0.15) is 28.9 Å². The molecule has 94 valence electrons. The number of nitrogens with one attached hydrogen (secondary N) is 2. The van der Waals surface area contributed by atoms with E-state index in [1.54, 1.807) is 7.05 Å². The topological polar surface area (TPSA) is 63.2 Å². The third-order valence-corrected chi connectivity index (χ3v) is 3.79. The maximum absolute atomic E-state index is 12.0. The average molecular weight is 255 g/mol. The summed E-state index contributed by atoms with van der Waals surface area (Å²) in [5.74, 6) is -0.0731. The molecule has 0 aromatic carbocycles. The van der Waals surface area contributed by atoms with Crippen LogP contribution in [0.3, 0.4) is 0 Å². The van der Waals surface area contributed by atoms with E-state index in [0.717, 1.165) is 30.1 Å². The fourth-order valence-electron chi connectivity index (χ4n) is 1.91. The molecule has 0 aliphatic carbocycles. The molecule has 1 aromatic rings. The Morgan fingerprint density at radius 1 is 1.65 bits per heavy atom. The molecule has 1 aliphatic heterocycles. The minimum absolute atomic E-state index is 0.0731. The molecule has 0 radical (unpaired) electrons. The van der Waals surface area contributed by atoms with Crippen molar-refractivity contribution < 1.29 is 9.53 Å². The van der Waals surface area contributed by atoms with Gasteiger partial charge in [0.05, 0.1) is 17.4 Å². The fourth-order valence-corrected chi connectivity index (χ4v) is 2.65. The van der Waals surface area contributed by atoms with Crippen molar-refractivity contribution in [2.24, 2.45) is 0 Å². The normalized spacial score (nSPS) is 19.3. The first-order valence-corrected chi connectivity index (χ1v) is 6.53. The van der Waals surface area contributed by atoms with Gasteiger partial charge in [-0.2, -0.15) is 4.37 Å². The van der Waals surface area contributed by atoms with Gasteiger partial charge in [-0.15, -0.1) is 0 Å². The number of hydrogen-bond donors (Lipinski definition) is 2. The molecular formula is C11H17N3O2S. The maximum Gasteiger partial charge on any atom is 0.256 e. The summed E-state index contributed by atoms with van der Waals surface area (Å²) in [4.78, 5) is 12.0. The number of aryl methyl sites for hydroxylation is 1. The molecular weight excluding hydrogens is 238 g/mol. The molecule has 1 saturated heterocycles. The Labute approximate surface area is 105 Å². The molecule has 1 amide bonds. The lowest BCUT2D eigenvalue weighted by molar-refractivity contribution is 0.0858. The Morgan fingerprint density at radius 3 is 3.12 bits per heavy atom. The Kier molecular flexibility index (Phi) is 3.96. The molecule has 1 unspecified atom stereocenters. The second-order valence-corrected chi connectivity index (χ2v) is 4.84. The van der Waals surface area contributed by atoms with E-state index in [4.69, 9.17) is 4.74 Å². The van der Waals surface area contributed by atoms with Crippen molar-refractivity contribution in [2.45, 2.75) is 25.9 Å². The van der Waals surface area contributed by atoms with Crippen molar-refractivity contribution in [3.63, 3.8) is 0 Å². The third kappa shape index (κ3) is 2.76. The van der Waals surface area contributed by atoms with Crippen molar-refractivity contribution in [2.75, 3.05) is 25.5 Å². The molecule has 0 saturated carbocycles. The quantitative estimate of drug-likeness (QED) is 0.853.